The molecule has 0 bridgehead atoms. The van der Waals surface area contributed by atoms with Crippen LogP contribution in [0, 0.1) is 0 Å². The SMILES string of the molecule is COc1ccc(OCCSCc2nc(N)nc(N(C)C)n2)cc1. The first kappa shape index (κ1) is 17.1. The van der Waals surface area contributed by atoms with Crippen LogP contribution in [0.2, 0.25) is 0 Å². The number of nitrogen functional groups attached to an aromatic ring is 1. The fourth-order valence-corrected chi connectivity index (χ4v) is 2.40. The van der Waals surface area contributed by atoms with E-state index < -0.39 is 0 Å². The molecule has 0 spiro atoms. The van der Waals surface area contributed by atoms with E-state index in [4.69, 9.17) is 15.2 Å². The molecule has 0 aliphatic heterocycles. The first-order valence-corrected chi connectivity index (χ1v) is 8.26. The molecule has 2 aromatic rings. The average Bonchev–Trinajstić information content (AvgIpc) is 2.54. The number of nitrogens with two attached hydrogens (primary N) is 1. The molecule has 0 fully saturated rings. The van der Waals surface area contributed by atoms with Gasteiger partial charge in [0.05, 0.1) is 19.5 Å². The summed E-state index contributed by atoms with van der Waals surface area (Å²) < 4.78 is 10.8. The van der Waals surface area contributed by atoms with Crippen molar-refractivity contribution >= 4 is 23.7 Å². The number of rotatable bonds is 8. The summed E-state index contributed by atoms with van der Waals surface area (Å²) in [6, 6.07) is 7.52. The van der Waals surface area contributed by atoms with Crippen molar-refractivity contribution in [2.24, 2.45) is 0 Å². The molecule has 1 aromatic carbocycles. The maximum Gasteiger partial charge on any atom is 0.229 e. The van der Waals surface area contributed by atoms with Gasteiger partial charge in [-0.3, -0.25) is 0 Å². The Bertz CT molecular complexity index is 622. The number of thioether (sulfide) groups is 1. The highest BCUT2D eigenvalue weighted by molar-refractivity contribution is 7.98. The molecule has 23 heavy (non-hydrogen) atoms. The van der Waals surface area contributed by atoms with Crippen molar-refractivity contribution in [1.29, 1.82) is 0 Å². The van der Waals surface area contributed by atoms with Gasteiger partial charge in [0.2, 0.25) is 11.9 Å². The number of hydrogen-bond acceptors (Lipinski definition) is 8. The summed E-state index contributed by atoms with van der Waals surface area (Å²) in [6.45, 7) is 0.609. The summed E-state index contributed by atoms with van der Waals surface area (Å²) in [7, 11) is 5.38. The second-order valence-corrected chi connectivity index (χ2v) is 5.99. The molecular weight excluding hydrogens is 314 g/mol. The average molecular weight is 335 g/mol. The molecule has 1 heterocycles. The van der Waals surface area contributed by atoms with Gasteiger partial charge in [-0.25, -0.2) is 0 Å². The fraction of sp³-hybridized carbons (Fsp3) is 0.400. The van der Waals surface area contributed by atoms with Gasteiger partial charge in [-0.2, -0.15) is 26.7 Å². The van der Waals surface area contributed by atoms with Gasteiger partial charge >= 0.3 is 0 Å². The number of methoxy groups -OCH3 is 1. The summed E-state index contributed by atoms with van der Waals surface area (Å²) in [5.74, 6) is 4.63. The molecular formula is C15H21N5O2S. The number of benzene rings is 1. The van der Waals surface area contributed by atoms with Crippen molar-refractivity contribution < 1.29 is 9.47 Å². The second-order valence-electron chi connectivity index (χ2n) is 4.88. The third-order valence-corrected chi connectivity index (χ3v) is 3.79. The van der Waals surface area contributed by atoms with Crippen molar-refractivity contribution in [2.75, 3.05) is 44.2 Å². The van der Waals surface area contributed by atoms with Gasteiger partial charge in [-0.05, 0) is 24.3 Å². The van der Waals surface area contributed by atoms with Crippen LogP contribution < -0.4 is 20.1 Å². The van der Waals surface area contributed by atoms with Gasteiger partial charge in [-0.1, -0.05) is 0 Å². The van der Waals surface area contributed by atoms with Crippen LogP contribution in [-0.2, 0) is 5.75 Å². The van der Waals surface area contributed by atoms with E-state index in [1.807, 2.05) is 38.4 Å². The number of hydrogen-bond donors (Lipinski definition) is 1. The molecule has 8 heteroatoms. The van der Waals surface area contributed by atoms with Crippen LogP contribution in [0.25, 0.3) is 0 Å². The molecule has 0 unspecified atom stereocenters. The third-order valence-electron chi connectivity index (χ3n) is 2.87. The van der Waals surface area contributed by atoms with E-state index in [9.17, 15) is 0 Å². The Morgan fingerprint density at radius 2 is 1.78 bits per heavy atom. The van der Waals surface area contributed by atoms with E-state index >= 15 is 0 Å². The Morgan fingerprint density at radius 1 is 1.09 bits per heavy atom. The lowest BCUT2D eigenvalue weighted by atomic mass is 10.3. The summed E-state index contributed by atoms with van der Waals surface area (Å²) >= 11 is 1.69. The molecule has 2 rings (SSSR count). The topological polar surface area (TPSA) is 86.4 Å². The molecule has 0 aliphatic carbocycles. The molecule has 0 aliphatic rings. The quantitative estimate of drug-likeness (QED) is 0.731. The van der Waals surface area contributed by atoms with E-state index in [1.165, 1.54) is 0 Å². The zero-order valence-electron chi connectivity index (χ0n) is 13.5. The number of anilines is 2. The lowest BCUT2D eigenvalue weighted by molar-refractivity contribution is 0.342. The summed E-state index contributed by atoms with van der Waals surface area (Å²) in [5.41, 5.74) is 5.69. The molecule has 124 valence electrons. The molecule has 1 aromatic heterocycles. The lowest BCUT2D eigenvalue weighted by Gasteiger charge is -2.11. The highest BCUT2D eigenvalue weighted by Gasteiger charge is 2.06. The van der Waals surface area contributed by atoms with Gasteiger partial charge < -0.3 is 20.1 Å². The molecule has 7 nitrogen and oxygen atoms in total. The van der Waals surface area contributed by atoms with E-state index in [0.29, 0.717) is 24.1 Å². The predicted octanol–water partition coefficient (Wildman–Crippen LogP) is 1.84. The van der Waals surface area contributed by atoms with Crippen LogP contribution >= 0.6 is 11.8 Å². The normalized spacial score (nSPS) is 10.4. The predicted molar refractivity (Wildman–Crippen MR) is 93.2 cm³/mol. The number of aromatic nitrogens is 3. The van der Waals surface area contributed by atoms with Gasteiger partial charge in [0, 0.05) is 19.8 Å². The van der Waals surface area contributed by atoms with Gasteiger partial charge in [0.1, 0.15) is 17.3 Å². The maximum atomic E-state index is 5.69. The van der Waals surface area contributed by atoms with E-state index in [2.05, 4.69) is 15.0 Å². The van der Waals surface area contributed by atoms with Gasteiger partial charge in [0.25, 0.3) is 0 Å². The van der Waals surface area contributed by atoms with E-state index in [0.717, 1.165) is 17.3 Å². The Balaban J connectivity index is 1.74. The Morgan fingerprint density at radius 3 is 2.43 bits per heavy atom. The van der Waals surface area contributed by atoms with Crippen LogP contribution in [0.4, 0.5) is 11.9 Å². The van der Waals surface area contributed by atoms with Crippen LogP contribution in [0.5, 0.6) is 11.5 Å². The lowest BCUT2D eigenvalue weighted by Crippen LogP contribution is -2.16. The monoisotopic (exact) mass is 335 g/mol. The fourth-order valence-electron chi connectivity index (χ4n) is 1.74. The minimum atomic E-state index is 0.244. The van der Waals surface area contributed by atoms with Gasteiger partial charge in [-0.15, -0.1) is 0 Å². The smallest absolute Gasteiger partial charge is 0.229 e. The molecule has 0 amide bonds. The van der Waals surface area contributed by atoms with E-state index in [-0.39, 0.29) is 5.95 Å². The highest BCUT2D eigenvalue weighted by Crippen LogP contribution is 2.18. The first-order chi connectivity index (χ1) is 11.1. The van der Waals surface area contributed by atoms with Crippen LogP contribution in [0.1, 0.15) is 5.82 Å². The van der Waals surface area contributed by atoms with Crippen LogP contribution in [0.15, 0.2) is 24.3 Å². The van der Waals surface area contributed by atoms with Crippen molar-refractivity contribution in [1.82, 2.24) is 15.0 Å². The van der Waals surface area contributed by atoms with Crippen molar-refractivity contribution in [2.45, 2.75) is 5.75 Å². The molecule has 2 N–H and O–H groups in total. The minimum Gasteiger partial charge on any atom is -0.497 e. The van der Waals surface area contributed by atoms with Crippen molar-refractivity contribution in [3.05, 3.63) is 30.1 Å². The zero-order chi connectivity index (χ0) is 16.7. The maximum absolute atomic E-state index is 5.69. The van der Waals surface area contributed by atoms with Crippen LogP contribution in [-0.4, -0.2) is 48.5 Å². The molecule has 0 saturated carbocycles. The number of ether oxygens (including phenoxy) is 2. The zero-order valence-corrected chi connectivity index (χ0v) is 14.3. The minimum absolute atomic E-state index is 0.244. The van der Waals surface area contributed by atoms with Crippen molar-refractivity contribution in [3.8, 4) is 11.5 Å². The van der Waals surface area contributed by atoms with Crippen molar-refractivity contribution in [3.63, 3.8) is 0 Å². The molecule has 0 radical (unpaired) electrons. The molecule has 0 saturated heterocycles. The Hall–Kier alpha value is -2.22. The largest absolute Gasteiger partial charge is 0.497 e. The van der Waals surface area contributed by atoms with Gasteiger partial charge in [0.15, 0.2) is 0 Å². The van der Waals surface area contributed by atoms with E-state index in [1.54, 1.807) is 23.8 Å². The molecule has 0 atom stereocenters. The summed E-state index contributed by atoms with van der Waals surface area (Å²) in [6.07, 6.45) is 0. The first-order valence-electron chi connectivity index (χ1n) is 7.11. The third kappa shape index (κ3) is 5.48. The standard InChI is InChI=1S/C15H21N5O2S/c1-20(2)15-18-13(17-14(16)19-15)10-23-9-8-22-12-6-4-11(21-3)5-7-12/h4-7H,8-10H2,1-3H3,(H2,16,17,18,19). The number of nitrogens with zero attached hydrogens (tertiary/aromatic N) is 4. The highest BCUT2D eigenvalue weighted by atomic mass is 32.2. The summed E-state index contributed by atoms with van der Waals surface area (Å²) in [5, 5.41) is 0. The summed E-state index contributed by atoms with van der Waals surface area (Å²) in [4.78, 5) is 14.4. The Labute approximate surface area is 140 Å². The second kappa shape index (κ2) is 8.42. The Kier molecular flexibility index (Phi) is 6.28. The van der Waals surface area contributed by atoms with Crippen LogP contribution in [0.3, 0.4) is 0 Å².